The van der Waals surface area contributed by atoms with Gasteiger partial charge in [0, 0.05) is 5.57 Å². The van der Waals surface area contributed by atoms with E-state index in [1.165, 1.54) is 0 Å². The lowest BCUT2D eigenvalue weighted by molar-refractivity contribution is -0.118. The van der Waals surface area contributed by atoms with Gasteiger partial charge in [0.2, 0.25) is 5.91 Å². The Bertz CT molecular complexity index is 111. The van der Waals surface area contributed by atoms with E-state index in [9.17, 15) is 4.79 Å². The van der Waals surface area contributed by atoms with E-state index in [-0.39, 0.29) is 18.1 Å². The molecule has 0 aromatic heterocycles. The molecule has 0 saturated heterocycles. The summed E-state index contributed by atoms with van der Waals surface area (Å²) in [7, 11) is 0. The molecule has 0 heterocycles. The van der Waals surface area contributed by atoms with Crippen LogP contribution in [-0.2, 0) is 4.79 Å². The first-order valence-corrected chi connectivity index (χ1v) is 2.23. The fourth-order valence-corrected chi connectivity index (χ4v) is 0.223. The van der Waals surface area contributed by atoms with Gasteiger partial charge in [0.15, 0.2) is 0 Å². The summed E-state index contributed by atoms with van der Waals surface area (Å²) in [6.45, 7) is 4.60. The molecular weight excluding hydrogens is 122 g/mol. The van der Waals surface area contributed by atoms with Gasteiger partial charge >= 0.3 is 0 Å². The third-order valence-electron chi connectivity index (χ3n) is 0.627. The van der Waals surface area contributed by atoms with Crippen LogP contribution in [0.4, 0.5) is 0 Å². The number of carbonyl (C=O) groups is 1. The Morgan fingerprint density at radius 2 is 2.22 bits per heavy atom. The van der Waals surface area contributed by atoms with Crippen molar-refractivity contribution in [3.05, 3.63) is 12.2 Å². The van der Waals surface area contributed by atoms with Gasteiger partial charge in [-0.3, -0.25) is 4.79 Å². The first kappa shape index (κ1) is 11.0. The van der Waals surface area contributed by atoms with Gasteiger partial charge in [-0.15, -0.1) is 0 Å². The Labute approximate surface area is 53.5 Å². The van der Waals surface area contributed by atoms with Crippen molar-refractivity contribution in [2.45, 2.75) is 6.92 Å². The van der Waals surface area contributed by atoms with Gasteiger partial charge in [-0.05, 0) is 6.92 Å². The number of amides is 1. The molecule has 0 aromatic carbocycles. The first-order valence-electron chi connectivity index (χ1n) is 2.23. The molecule has 0 spiro atoms. The van der Waals surface area contributed by atoms with Crippen LogP contribution in [0.25, 0.3) is 0 Å². The zero-order valence-electron chi connectivity index (χ0n) is 5.27. The highest BCUT2D eigenvalue weighted by Crippen LogP contribution is 1.82. The normalized spacial score (nSPS) is 7.33. The van der Waals surface area contributed by atoms with E-state index in [1.807, 2.05) is 0 Å². The van der Waals surface area contributed by atoms with Crippen molar-refractivity contribution in [3.63, 3.8) is 0 Å². The highest BCUT2D eigenvalue weighted by Gasteiger charge is 1.95. The van der Waals surface area contributed by atoms with Crippen molar-refractivity contribution < 1.29 is 15.4 Å². The molecule has 0 aromatic rings. The fourth-order valence-electron chi connectivity index (χ4n) is 0.223. The van der Waals surface area contributed by atoms with Crippen LogP contribution in [-0.4, -0.2) is 23.2 Å². The molecular formula is C5H11NO3. The lowest BCUT2D eigenvalue weighted by atomic mass is 10.3. The molecule has 4 N–H and O–H groups in total. The minimum atomic E-state index is -0.328. The predicted molar refractivity (Wildman–Crippen MR) is 33.7 cm³/mol. The van der Waals surface area contributed by atoms with Crippen LogP contribution in [0.3, 0.4) is 0 Å². The third-order valence-corrected chi connectivity index (χ3v) is 0.627. The summed E-state index contributed by atoms with van der Waals surface area (Å²) in [4.78, 5) is 10.4. The van der Waals surface area contributed by atoms with Crippen molar-refractivity contribution in [1.29, 1.82) is 0 Å². The summed E-state index contributed by atoms with van der Waals surface area (Å²) in [6.07, 6.45) is 0. The van der Waals surface area contributed by atoms with Crippen LogP contribution in [0.1, 0.15) is 6.92 Å². The molecule has 4 heteroatoms. The van der Waals surface area contributed by atoms with Gasteiger partial charge in [-0.1, -0.05) is 6.58 Å². The molecule has 1 amide bonds. The molecule has 0 radical (unpaired) electrons. The van der Waals surface area contributed by atoms with Crippen molar-refractivity contribution in [2.24, 2.45) is 0 Å². The van der Waals surface area contributed by atoms with Crippen LogP contribution in [0.2, 0.25) is 0 Å². The monoisotopic (exact) mass is 133 g/mol. The SMILES string of the molecule is C=C(C)C(=O)NCO.O. The standard InChI is InChI=1S/C5H9NO2.H2O/c1-4(2)5(8)6-3-7;/h7H,1,3H2,2H3,(H,6,8);1H2. The number of aliphatic hydroxyl groups is 1. The molecule has 9 heavy (non-hydrogen) atoms. The second kappa shape index (κ2) is 5.27. The Hall–Kier alpha value is -0.870. The highest BCUT2D eigenvalue weighted by molar-refractivity contribution is 5.91. The maximum absolute atomic E-state index is 10.4. The van der Waals surface area contributed by atoms with E-state index < -0.39 is 0 Å². The van der Waals surface area contributed by atoms with Crippen LogP contribution >= 0.6 is 0 Å². The minimum absolute atomic E-state index is 0. The number of hydrogen-bond donors (Lipinski definition) is 2. The summed E-state index contributed by atoms with van der Waals surface area (Å²) >= 11 is 0. The van der Waals surface area contributed by atoms with Crippen LogP contribution in [0.15, 0.2) is 12.2 Å². The van der Waals surface area contributed by atoms with E-state index in [1.54, 1.807) is 6.92 Å². The van der Waals surface area contributed by atoms with Crippen LogP contribution in [0.5, 0.6) is 0 Å². The Morgan fingerprint density at radius 3 is 2.33 bits per heavy atom. The third kappa shape index (κ3) is 4.99. The quantitative estimate of drug-likeness (QED) is 0.366. The van der Waals surface area contributed by atoms with E-state index in [2.05, 4.69) is 11.9 Å². The van der Waals surface area contributed by atoms with Crippen molar-refractivity contribution >= 4 is 5.91 Å². The lowest BCUT2D eigenvalue weighted by Crippen LogP contribution is -2.24. The van der Waals surface area contributed by atoms with Gasteiger partial charge in [-0.25, -0.2) is 0 Å². The van der Waals surface area contributed by atoms with Gasteiger partial charge in [0.25, 0.3) is 0 Å². The Balaban J connectivity index is 0. The van der Waals surface area contributed by atoms with Gasteiger partial charge in [-0.2, -0.15) is 0 Å². The zero-order chi connectivity index (χ0) is 6.57. The van der Waals surface area contributed by atoms with Crippen molar-refractivity contribution in [3.8, 4) is 0 Å². The lowest BCUT2D eigenvalue weighted by Gasteiger charge is -1.96. The molecule has 54 valence electrons. The number of nitrogens with one attached hydrogen (secondary N) is 1. The zero-order valence-corrected chi connectivity index (χ0v) is 5.27. The summed E-state index contributed by atoms with van der Waals surface area (Å²) in [5.74, 6) is -0.312. The molecule has 0 aliphatic rings. The number of hydrogen-bond acceptors (Lipinski definition) is 2. The average Bonchev–Trinajstić information content (AvgIpc) is 1.67. The van der Waals surface area contributed by atoms with Crippen molar-refractivity contribution in [1.82, 2.24) is 5.32 Å². The predicted octanol–water partition coefficient (Wildman–Crippen LogP) is -1.20. The van der Waals surface area contributed by atoms with Crippen LogP contribution in [0, 0.1) is 0 Å². The number of carbonyl (C=O) groups excluding carboxylic acids is 1. The summed E-state index contributed by atoms with van der Waals surface area (Å²) in [5, 5.41) is 10.3. The molecule has 0 aliphatic heterocycles. The molecule has 0 rings (SSSR count). The molecule has 4 nitrogen and oxygen atoms in total. The van der Waals surface area contributed by atoms with Gasteiger partial charge in [0.05, 0.1) is 0 Å². The Kier molecular flexibility index (Phi) is 6.44. The fraction of sp³-hybridized carbons (Fsp3) is 0.400. The van der Waals surface area contributed by atoms with E-state index >= 15 is 0 Å². The second-order valence-corrected chi connectivity index (χ2v) is 1.44. The molecule has 0 bridgehead atoms. The van der Waals surface area contributed by atoms with E-state index in [0.717, 1.165) is 0 Å². The molecule has 0 aliphatic carbocycles. The summed E-state index contributed by atoms with van der Waals surface area (Å²) in [5.41, 5.74) is 0.402. The minimum Gasteiger partial charge on any atom is -0.412 e. The maximum Gasteiger partial charge on any atom is 0.248 e. The Morgan fingerprint density at radius 1 is 1.78 bits per heavy atom. The first-order chi connectivity index (χ1) is 3.68. The highest BCUT2D eigenvalue weighted by atomic mass is 16.3. The van der Waals surface area contributed by atoms with Crippen molar-refractivity contribution in [2.75, 3.05) is 6.73 Å². The topological polar surface area (TPSA) is 80.8 Å². The maximum atomic E-state index is 10.4. The summed E-state index contributed by atoms with van der Waals surface area (Å²) < 4.78 is 0. The van der Waals surface area contributed by atoms with Crippen LogP contribution < -0.4 is 5.32 Å². The summed E-state index contributed by atoms with van der Waals surface area (Å²) in [6, 6.07) is 0. The van der Waals surface area contributed by atoms with Gasteiger partial charge in [0.1, 0.15) is 6.73 Å². The number of aliphatic hydroxyl groups excluding tert-OH is 1. The molecule has 0 fully saturated rings. The second-order valence-electron chi connectivity index (χ2n) is 1.44. The van der Waals surface area contributed by atoms with E-state index in [0.29, 0.717) is 5.57 Å². The van der Waals surface area contributed by atoms with E-state index in [4.69, 9.17) is 5.11 Å². The largest absolute Gasteiger partial charge is 0.412 e. The molecule has 0 unspecified atom stereocenters. The number of rotatable bonds is 2. The molecule has 0 atom stereocenters. The average molecular weight is 133 g/mol. The molecule has 0 saturated carbocycles. The smallest absolute Gasteiger partial charge is 0.248 e. The van der Waals surface area contributed by atoms with Gasteiger partial charge < -0.3 is 15.9 Å².